The van der Waals surface area contributed by atoms with Gasteiger partial charge in [-0.25, -0.2) is 4.39 Å². The van der Waals surface area contributed by atoms with Crippen LogP contribution in [0.1, 0.15) is 32.1 Å². The van der Waals surface area contributed by atoms with Crippen LogP contribution in [-0.4, -0.2) is 15.8 Å². The van der Waals surface area contributed by atoms with Crippen LogP contribution in [0.15, 0.2) is 29.2 Å². The number of carboxylic acids is 1. The molecule has 0 amide bonds. The minimum Gasteiger partial charge on any atom is -0.480 e. The lowest BCUT2D eigenvalue weighted by molar-refractivity contribution is -0.149. The highest BCUT2D eigenvalue weighted by atomic mass is 32.2. The molecule has 0 heterocycles. The highest BCUT2D eigenvalue weighted by Gasteiger charge is 2.61. The number of rotatable bonds is 3. The monoisotopic (exact) mass is 266 g/mol. The summed E-state index contributed by atoms with van der Waals surface area (Å²) in [5, 5.41) is 9.46. The van der Waals surface area contributed by atoms with E-state index < -0.39 is 10.7 Å². The summed E-state index contributed by atoms with van der Waals surface area (Å²) < 4.78 is 12.2. The van der Waals surface area contributed by atoms with E-state index in [9.17, 15) is 14.3 Å². The van der Waals surface area contributed by atoms with Crippen molar-refractivity contribution in [2.75, 3.05) is 0 Å². The van der Waals surface area contributed by atoms with Crippen molar-refractivity contribution in [1.82, 2.24) is 0 Å². The van der Waals surface area contributed by atoms with Gasteiger partial charge in [0, 0.05) is 4.90 Å². The molecule has 96 valence electrons. The number of aliphatic carboxylic acids is 1. The molecular formula is C14H15FO2S. The molecule has 0 unspecified atom stereocenters. The molecule has 2 nitrogen and oxygen atoms in total. The Balaban J connectivity index is 1.76. The minimum absolute atomic E-state index is 0.284. The summed E-state index contributed by atoms with van der Waals surface area (Å²) in [5.41, 5.74) is 0.311. The second-order valence-electron chi connectivity index (χ2n) is 5.56. The summed E-state index contributed by atoms with van der Waals surface area (Å²) in [6, 6.07) is 6.10. The SMILES string of the molecule is O=C(O)C1(Sc2ccc(F)cc2)CC2(CCC2)C1. The number of hydrogen-bond donors (Lipinski definition) is 1. The van der Waals surface area contributed by atoms with Crippen molar-refractivity contribution < 1.29 is 14.3 Å². The summed E-state index contributed by atoms with van der Waals surface area (Å²) >= 11 is 1.38. The van der Waals surface area contributed by atoms with Gasteiger partial charge in [-0.2, -0.15) is 0 Å². The van der Waals surface area contributed by atoms with Crippen LogP contribution in [0.25, 0.3) is 0 Å². The predicted octanol–water partition coefficient (Wildman–Crippen LogP) is 3.71. The first-order valence-electron chi connectivity index (χ1n) is 6.22. The van der Waals surface area contributed by atoms with Crippen LogP contribution < -0.4 is 0 Å². The Morgan fingerprint density at radius 3 is 2.28 bits per heavy atom. The molecule has 0 saturated heterocycles. The van der Waals surface area contributed by atoms with Crippen LogP contribution in [0.4, 0.5) is 4.39 Å². The highest BCUT2D eigenvalue weighted by molar-refractivity contribution is 8.01. The number of halogens is 1. The van der Waals surface area contributed by atoms with E-state index >= 15 is 0 Å². The Morgan fingerprint density at radius 2 is 1.83 bits per heavy atom. The average molecular weight is 266 g/mol. The Bertz CT molecular complexity index is 471. The molecule has 0 atom stereocenters. The summed E-state index contributed by atoms with van der Waals surface area (Å²) in [6.07, 6.45) is 5.10. The van der Waals surface area contributed by atoms with Gasteiger partial charge in [0.05, 0.1) is 0 Å². The maximum Gasteiger partial charge on any atom is 0.320 e. The third kappa shape index (κ3) is 1.83. The van der Waals surface area contributed by atoms with Crippen LogP contribution >= 0.6 is 11.8 Å². The lowest BCUT2D eigenvalue weighted by Crippen LogP contribution is -2.57. The van der Waals surface area contributed by atoms with Gasteiger partial charge in [0.25, 0.3) is 0 Å². The second-order valence-corrected chi connectivity index (χ2v) is 7.02. The fourth-order valence-corrected chi connectivity index (χ4v) is 4.75. The van der Waals surface area contributed by atoms with Gasteiger partial charge < -0.3 is 5.11 Å². The first-order chi connectivity index (χ1) is 8.54. The molecule has 0 radical (unpaired) electrons. The van der Waals surface area contributed by atoms with Crippen LogP contribution in [-0.2, 0) is 4.79 Å². The molecule has 0 aromatic heterocycles. The van der Waals surface area contributed by atoms with Crippen molar-refractivity contribution in [3.63, 3.8) is 0 Å². The average Bonchev–Trinajstić information content (AvgIpc) is 2.22. The lowest BCUT2D eigenvalue weighted by Gasteiger charge is -2.58. The van der Waals surface area contributed by atoms with E-state index in [1.165, 1.54) is 43.2 Å². The van der Waals surface area contributed by atoms with Gasteiger partial charge in [0.2, 0.25) is 0 Å². The van der Waals surface area contributed by atoms with E-state index in [4.69, 9.17) is 0 Å². The molecule has 18 heavy (non-hydrogen) atoms. The summed E-state index contributed by atoms with van der Waals surface area (Å²) in [5.74, 6) is -1.01. The van der Waals surface area contributed by atoms with Crippen LogP contribution in [0.5, 0.6) is 0 Å². The number of thioether (sulfide) groups is 1. The molecule has 1 N–H and O–H groups in total. The third-order valence-corrected chi connectivity index (χ3v) is 5.61. The molecule has 0 aliphatic heterocycles. The molecule has 1 aromatic rings. The predicted molar refractivity (Wildman–Crippen MR) is 68.1 cm³/mol. The molecule has 1 aromatic carbocycles. The topological polar surface area (TPSA) is 37.3 Å². The number of carbonyl (C=O) groups is 1. The quantitative estimate of drug-likeness (QED) is 0.906. The molecule has 2 aliphatic rings. The molecule has 2 aliphatic carbocycles. The fourth-order valence-electron chi connectivity index (χ4n) is 3.19. The Hall–Kier alpha value is -1.03. The third-order valence-electron chi connectivity index (χ3n) is 4.25. The maximum absolute atomic E-state index is 12.8. The van der Waals surface area contributed by atoms with Gasteiger partial charge >= 0.3 is 5.97 Å². The van der Waals surface area contributed by atoms with E-state index in [1.807, 2.05) is 0 Å². The van der Waals surface area contributed by atoms with Gasteiger partial charge in [-0.3, -0.25) is 4.79 Å². The number of carboxylic acid groups (broad SMARTS) is 1. The Morgan fingerprint density at radius 1 is 1.22 bits per heavy atom. The van der Waals surface area contributed by atoms with Gasteiger partial charge in [-0.1, -0.05) is 6.42 Å². The zero-order valence-corrected chi connectivity index (χ0v) is 10.8. The number of hydrogen-bond acceptors (Lipinski definition) is 2. The second kappa shape index (κ2) is 3.98. The van der Waals surface area contributed by atoms with Crippen molar-refractivity contribution in [2.45, 2.75) is 41.7 Å². The normalized spacial score (nSPS) is 23.2. The largest absolute Gasteiger partial charge is 0.480 e. The van der Waals surface area contributed by atoms with E-state index in [2.05, 4.69) is 0 Å². The van der Waals surface area contributed by atoms with Crippen LogP contribution in [0.3, 0.4) is 0 Å². The molecule has 0 bridgehead atoms. The van der Waals surface area contributed by atoms with Crippen LogP contribution in [0.2, 0.25) is 0 Å². The first-order valence-corrected chi connectivity index (χ1v) is 7.03. The Kier molecular flexibility index (Phi) is 2.66. The zero-order chi connectivity index (χ0) is 12.8. The summed E-state index contributed by atoms with van der Waals surface area (Å²) in [6.45, 7) is 0. The van der Waals surface area contributed by atoms with Gasteiger partial charge in [0.15, 0.2) is 0 Å². The summed E-state index contributed by atoms with van der Waals surface area (Å²) in [7, 11) is 0. The smallest absolute Gasteiger partial charge is 0.320 e. The fraction of sp³-hybridized carbons (Fsp3) is 0.500. The molecule has 3 rings (SSSR count). The lowest BCUT2D eigenvalue weighted by atomic mass is 9.51. The summed E-state index contributed by atoms with van der Waals surface area (Å²) in [4.78, 5) is 12.3. The van der Waals surface area contributed by atoms with Crippen molar-refractivity contribution >= 4 is 17.7 Å². The molecule has 2 fully saturated rings. The Labute approximate surface area is 110 Å². The minimum atomic E-state index is -0.727. The van der Waals surface area contributed by atoms with Gasteiger partial charge in [-0.05, 0) is 55.4 Å². The zero-order valence-electron chi connectivity index (χ0n) is 9.99. The van der Waals surface area contributed by atoms with Crippen molar-refractivity contribution in [3.05, 3.63) is 30.1 Å². The molecule has 2 saturated carbocycles. The van der Waals surface area contributed by atoms with Crippen molar-refractivity contribution in [1.29, 1.82) is 0 Å². The number of benzene rings is 1. The van der Waals surface area contributed by atoms with Gasteiger partial charge in [0.1, 0.15) is 10.6 Å². The molecular weight excluding hydrogens is 251 g/mol. The van der Waals surface area contributed by atoms with E-state index in [0.717, 1.165) is 17.7 Å². The van der Waals surface area contributed by atoms with E-state index in [0.29, 0.717) is 5.41 Å². The van der Waals surface area contributed by atoms with E-state index in [-0.39, 0.29) is 5.82 Å². The standard InChI is InChI=1S/C14H15FO2S/c15-10-2-4-11(5-3-10)18-14(12(16)17)8-13(9-14)6-1-7-13/h2-5H,1,6-9H2,(H,16,17). The first kappa shape index (κ1) is 12.0. The molecule has 1 spiro atoms. The van der Waals surface area contributed by atoms with Crippen molar-refractivity contribution in [2.24, 2.45) is 5.41 Å². The highest BCUT2D eigenvalue weighted by Crippen LogP contribution is 2.65. The maximum atomic E-state index is 12.8. The van der Waals surface area contributed by atoms with Crippen LogP contribution in [0, 0.1) is 11.2 Å². The van der Waals surface area contributed by atoms with E-state index in [1.54, 1.807) is 12.1 Å². The van der Waals surface area contributed by atoms with Crippen molar-refractivity contribution in [3.8, 4) is 0 Å². The van der Waals surface area contributed by atoms with Gasteiger partial charge in [-0.15, -0.1) is 11.8 Å². The molecule has 4 heteroatoms.